The van der Waals surface area contributed by atoms with Crippen LogP contribution in [0.15, 0.2) is 22.7 Å². The van der Waals surface area contributed by atoms with Gasteiger partial charge in [0.2, 0.25) is 0 Å². The SMILES string of the molecule is C[Si](C)(C)CCOCn1nc(C(=O)O)c2cc(Br)ccc21. The van der Waals surface area contributed by atoms with Gasteiger partial charge >= 0.3 is 5.97 Å². The Kier molecular flexibility index (Phi) is 4.85. The van der Waals surface area contributed by atoms with Crippen LogP contribution in [0.2, 0.25) is 25.7 Å². The van der Waals surface area contributed by atoms with Crippen LogP contribution >= 0.6 is 15.9 Å². The van der Waals surface area contributed by atoms with Crippen molar-refractivity contribution in [3.05, 3.63) is 28.4 Å². The molecule has 0 spiro atoms. The van der Waals surface area contributed by atoms with E-state index in [4.69, 9.17) is 4.74 Å². The molecule has 0 saturated heterocycles. The average Bonchev–Trinajstić information content (AvgIpc) is 2.71. The van der Waals surface area contributed by atoms with Crippen LogP contribution in [0.4, 0.5) is 0 Å². The first-order chi connectivity index (χ1) is 9.78. The van der Waals surface area contributed by atoms with E-state index in [9.17, 15) is 9.90 Å². The minimum absolute atomic E-state index is 0.0556. The number of carbonyl (C=O) groups is 1. The van der Waals surface area contributed by atoms with E-state index in [0.29, 0.717) is 12.0 Å². The van der Waals surface area contributed by atoms with Gasteiger partial charge in [0.25, 0.3) is 0 Å². The second-order valence-corrected chi connectivity index (χ2v) is 12.7. The number of hydrogen-bond donors (Lipinski definition) is 1. The number of aromatic nitrogens is 2. The van der Waals surface area contributed by atoms with E-state index in [0.717, 1.165) is 16.0 Å². The number of carboxylic acids is 1. The molecule has 2 rings (SSSR count). The Labute approximate surface area is 133 Å². The molecule has 114 valence electrons. The number of rotatable bonds is 6. The standard InChI is InChI=1S/C14H19BrN2O3Si/c1-21(2,3)7-6-20-9-17-12-5-4-10(15)8-11(12)13(16-17)14(18)19/h4-5,8H,6-7,9H2,1-3H3,(H,18,19). The van der Waals surface area contributed by atoms with Gasteiger partial charge < -0.3 is 9.84 Å². The van der Waals surface area contributed by atoms with E-state index in [2.05, 4.69) is 40.7 Å². The number of halogens is 1. The second-order valence-electron chi connectivity index (χ2n) is 6.16. The molecule has 0 unspecified atom stereocenters. The van der Waals surface area contributed by atoms with Gasteiger partial charge in [-0.1, -0.05) is 35.6 Å². The van der Waals surface area contributed by atoms with Gasteiger partial charge in [-0.05, 0) is 24.2 Å². The van der Waals surface area contributed by atoms with E-state index < -0.39 is 14.0 Å². The zero-order chi connectivity index (χ0) is 15.6. The third kappa shape index (κ3) is 4.15. The Balaban J connectivity index is 2.18. The van der Waals surface area contributed by atoms with E-state index in [1.165, 1.54) is 0 Å². The maximum absolute atomic E-state index is 11.3. The highest BCUT2D eigenvalue weighted by Gasteiger charge is 2.17. The second kappa shape index (κ2) is 6.29. The summed E-state index contributed by atoms with van der Waals surface area (Å²) in [5, 5.41) is 14.0. The van der Waals surface area contributed by atoms with Crippen molar-refractivity contribution in [3.63, 3.8) is 0 Å². The van der Waals surface area contributed by atoms with Gasteiger partial charge in [0.1, 0.15) is 6.73 Å². The summed E-state index contributed by atoms with van der Waals surface area (Å²) in [6.45, 7) is 7.82. The van der Waals surface area contributed by atoms with E-state index in [1.807, 2.05) is 12.1 Å². The Hall–Kier alpha value is -1.18. The van der Waals surface area contributed by atoms with Crippen LogP contribution in [0.3, 0.4) is 0 Å². The molecular formula is C14H19BrN2O3Si. The van der Waals surface area contributed by atoms with Gasteiger partial charge in [-0.15, -0.1) is 0 Å². The van der Waals surface area contributed by atoms with E-state index in [1.54, 1.807) is 10.7 Å². The van der Waals surface area contributed by atoms with Crippen LogP contribution in [-0.2, 0) is 11.5 Å². The monoisotopic (exact) mass is 370 g/mol. The van der Waals surface area contributed by atoms with Gasteiger partial charge in [-0.2, -0.15) is 5.10 Å². The molecule has 0 bridgehead atoms. The molecule has 0 saturated carbocycles. The van der Waals surface area contributed by atoms with E-state index >= 15 is 0 Å². The summed E-state index contributed by atoms with van der Waals surface area (Å²) in [5.74, 6) is -1.03. The van der Waals surface area contributed by atoms with Crippen molar-refractivity contribution in [1.82, 2.24) is 9.78 Å². The summed E-state index contributed by atoms with van der Waals surface area (Å²) in [5.41, 5.74) is 0.823. The molecule has 0 atom stereocenters. The highest BCUT2D eigenvalue weighted by atomic mass is 79.9. The Morgan fingerprint density at radius 3 is 2.76 bits per heavy atom. The fourth-order valence-corrected chi connectivity index (χ4v) is 3.06. The predicted molar refractivity (Wildman–Crippen MR) is 88.5 cm³/mol. The molecule has 0 aliphatic heterocycles. The highest BCUT2D eigenvalue weighted by molar-refractivity contribution is 9.10. The number of benzene rings is 1. The first-order valence-electron chi connectivity index (χ1n) is 6.75. The molecule has 0 aliphatic carbocycles. The zero-order valence-electron chi connectivity index (χ0n) is 12.4. The zero-order valence-corrected chi connectivity index (χ0v) is 15.0. The van der Waals surface area contributed by atoms with Crippen molar-refractivity contribution in [2.24, 2.45) is 0 Å². The molecular weight excluding hydrogens is 352 g/mol. The first kappa shape index (κ1) is 16.2. The molecule has 1 aromatic carbocycles. The molecule has 5 nitrogen and oxygen atoms in total. The summed E-state index contributed by atoms with van der Waals surface area (Å²) >= 11 is 3.35. The molecule has 1 N–H and O–H groups in total. The number of carboxylic acid groups (broad SMARTS) is 1. The highest BCUT2D eigenvalue weighted by Crippen LogP contribution is 2.23. The largest absolute Gasteiger partial charge is 0.476 e. The molecule has 0 amide bonds. The first-order valence-corrected chi connectivity index (χ1v) is 11.2. The molecule has 0 radical (unpaired) electrons. The Morgan fingerprint density at radius 2 is 2.14 bits per heavy atom. The lowest BCUT2D eigenvalue weighted by molar-refractivity contribution is 0.0676. The lowest BCUT2D eigenvalue weighted by Gasteiger charge is -2.15. The Bertz CT molecular complexity index is 664. The van der Waals surface area contributed by atoms with Crippen molar-refractivity contribution in [3.8, 4) is 0 Å². The average molecular weight is 371 g/mol. The van der Waals surface area contributed by atoms with Gasteiger partial charge in [0, 0.05) is 24.5 Å². The molecule has 7 heteroatoms. The summed E-state index contributed by atoms with van der Waals surface area (Å²) in [6, 6.07) is 6.56. The molecule has 0 aliphatic rings. The lowest BCUT2D eigenvalue weighted by atomic mass is 10.2. The quantitative estimate of drug-likeness (QED) is 0.620. The smallest absolute Gasteiger partial charge is 0.357 e. The molecule has 1 aromatic heterocycles. The minimum atomic E-state index is -1.12. The summed E-state index contributed by atoms with van der Waals surface area (Å²) in [6.07, 6.45) is 0. The topological polar surface area (TPSA) is 64.4 Å². The van der Waals surface area contributed by atoms with Crippen molar-refractivity contribution in [1.29, 1.82) is 0 Å². The van der Waals surface area contributed by atoms with Crippen molar-refractivity contribution in [2.45, 2.75) is 32.4 Å². The maximum atomic E-state index is 11.3. The van der Waals surface area contributed by atoms with Crippen molar-refractivity contribution < 1.29 is 14.6 Å². The van der Waals surface area contributed by atoms with Crippen molar-refractivity contribution >= 4 is 40.9 Å². The number of ether oxygens (including phenoxy) is 1. The number of fused-ring (bicyclic) bond motifs is 1. The molecule has 2 aromatic rings. The van der Waals surface area contributed by atoms with Crippen LogP contribution in [0.25, 0.3) is 10.9 Å². The van der Waals surface area contributed by atoms with E-state index in [-0.39, 0.29) is 12.4 Å². The predicted octanol–water partition coefficient (Wildman–Crippen LogP) is 3.81. The number of nitrogens with zero attached hydrogens (tertiary/aromatic N) is 2. The normalized spacial score (nSPS) is 12.0. The summed E-state index contributed by atoms with van der Waals surface area (Å²) < 4.78 is 8.09. The van der Waals surface area contributed by atoms with Gasteiger partial charge in [-0.3, -0.25) is 0 Å². The van der Waals surface area contributed by atoms with Gasteiger partial charge in [0.05, 0.1) is 5.52 Å². The molecule has 0 fully saturated rings. The van der Waals surface area contributed by atoms with Crippen LogP contribution in [0, 0.1) is 0 Å². The number of hydrogen-bond acceptors (Lipinski definition) is 3. The minimum Gasteiger partial charge on any atom is -0.476 e. The van der Waals surface area contributed by atoms with Gasteiger partial charge in [-0.25, -0.2) is 9.48 Å². The third-order valence-corrected chi connectivity index (χ3v) is 5.32. The molecule has 1 heterocycles. The van der Waals surface area contributed by atoms with Gasteiger partial charge in [0.15, 0.2) is 5.69 Å². The van der Waals surface area contributed by atoms with Crippen LogP contribution in [0.5, 0.6) is 0 Å². The fourth-order valence-electron chi connectivity index (χ4n) is 1.94. The van der Waals surface area contributed by atoms with Crippen LogP contribution in [0.1, 0.15) is 10.5 Å². The third-order valence-electron chi connectivity index (χ3n) is 3.13. The maximum Gasteiger partial charge on any atom is 0.357 e. The Morgan fingerprint density at radius 1 is 1.43 bits per heavy atom. The summed E-state index contributed by atoms with van der Waals surface area (Å²) in [4.78, 5) is 11.3. The lowest BCUT2D eigenvalue weighted by Crippen LogP contribution is -2.22. The van der Waals surface area contributed by atoms with Crippen molar-refractivity contribution in [2.75, 3.05) is 6.61 Å². The molecule has 21 heavy (non-hydrogen) atoms. The number of aromatic carboxylic acids is 1. The fraction of sp³-hybridized carbons (Fsp3) is 0.429. The summed E-state index contributed by atoms with van der Waals surface area (Å²) in [7, 11) is -1.12. The van der Waals surface area contributed by atoms with Crippen LogP contribution in [-0.4, -0.2) is 35.5 Å². The van der Waals surface area contributed by atoms with Crippen LogP contribution < -0.4 is 0 Å².